The SMILES string of the molecule is O=C(Cc1ccncc1)N1CCCC(c2nccnc2-c2cccc(Cl)c2)C1. The summed E-state index contributed by atoms with van der Waals surface area (Å²) < 4.78 is 0. The molecule has 2 aromatic heterocycles. The summed E-state index contributed by atoms with van der Waals surface area (Å²) in [6.07, 6.45) is 9.22. The van der Waals surface area contributed by atoms with E-state index >= 15 is 0 Å². The Kier molecular flexibility index (Phi) is 5.63. The molecule has 1 aromatic carbocycles. The van der Waals surface area contributed by atoms with Crippen molar-refractivity contribution >= 4 is 17.5 Å². The quantitative estimate of drug-likeness (QED) is 0.669. The Labute approximate surface area is 169 Å². The van der Waals surface area contributed by atoms with Gasteiger partial charge in [0.15, 0.2) is 0 Å². The number of amides is 1. The molecule has 28 heavy (non-hydrogen) atoms. The Morgan fingerprint density at radius 3 is 2.75 bits per heavy atom. The molecule has 0 radical (unpaired) electrons. The lowest BCUT2D eigenvalue weighted by Crippen LogP contribution is -2.40. The van der Waals surface area contributed by atoms with Crippen molar-refractivity contribution in [1.82, 2.24) is 19.9 Å². The standard InChI is InChI=1S/C22H21ClN4O/c23-19-5-1-3-17(14-19)21-22(26-11-10-25-21)18-4-2-12-27(15-18)20(28)13-16-6-8-24-9-7-16/h1,3,5-11,14,18H,2,4,12-13,15H2. The van der Waals surface area contributed by atoms with Crippen LogP contribution < -0.4 is 0 Å². The molecule has 0 saturated carbocycles. The van der Waals surface area contributed by atoms with Crippen LogP contribution in [0.25, 0.3) is 11.3 Å². The highest BCUT2D eigenvalue weighted by molar-refractivity contribution is 6.30. The van der Waals surface area contributed by atoms with Crippen molar-refractivity contribution < 1.29 is 4.79 Å². The molecule has 1 atom stereocenters. The van der Waals surface area contributed by atoms with Crippen LogP contribution in [0.15, 0.2) is 61.2 Å². The van der Waals surface area contributed by atoms with Crippen molar-refractivity contribution in [2.75, 3.05) is 13.1 Å². The molecule has 142 valence electrons. The monoisotopic (exact) mass is 392 g/mol. The molecule has 1 aliphatic heterocycles. The van der Waals surface area contributed by atoms with Crippen molar-refractivity contribution in [1.29, 1.82) is 0 Å². The van der Waals surface area contributed by atoms with E-state index in [0.717, 1.165) is 41.9 Å². The molecule has 4 rings (SSSR count). The van der Waals surface area contributed by atoms with Crippen molar-refractivity contribution in [2.45, 2.75) is 25.2 Å². The fraction of sp³-hybridized carbons (Fsp3) is 0.273. The molecule has 6 heteroatoms. The second kappa shape index (κ2) is 8.48. The van der Waals surface area contributed by atoms with Gasteiger partial charge in [0.05, 0.1) is 17.8 Å². The van der Waals surface area contributed by atoms with E-state index in [4.69, 9.17) is 11.6 Å². The summed E-state index contributed by atoms with van der Waals surface area (Å²) in [5.74, 6) is 0.307. The maximum Gasteiger partial charge on any atom is 0.227 e. The van der Waals surface area contributed by atoms with Gasteiger partial charge in [-0.2, -0.15) is 0 Å². The largest absolute Gasteiger partial charge is 0.342 e. The molecule has 5 nitrogen and oxygen atoms in total. The third kappa shape index (κ3) is 4.20. The first-order chi connectivity index (χ1) is 13.7. The van der Waals surface area contributed by atoms with Crippen molar-refractivity contribution in [3.05, 3.63) is 77.5 Å². The van der Waals surface area contributed by atoms with Crippen LogP contribution in [-0.2, 0) is 11.2 Å². The molecule has 0 N–H and O–H groups in total. The average molecular weight is 393 g/mol. The van der Waals surface area contributed by atoms with Crippen LogP contribution in [0.3, 0.4) is 0 Å². The van der Waals surface area contributed by atoms with E-state index in [9.17, 15) is 4.79 Å². The number of carbonyl (C=O) groups is 1. The molecule has 1 unspecified atom stereocenters. The van der Waals surface area contributed by atoms with E-state index < -0.39 is 0 Å². The van der Waals surface area contributed by atoms with Crippen LogP contribution in [-0.4, -0.2) is 38.8 Å². The third-order valence-corrected chi connectivity index (χ3v) is 5.33. The van der Waals surface area contributed by atoms with Gasteiger partial charge < -0.3 is 4.90 Å². The van der Waals surface area contributed by atoms with E-state index in [0.29, 0.717) is 18.0 Å². The average Bonchev–Trinajstić information content (AvgIpc) is 2.74. The van der Waals surface area contributed by atoms with Crippen LogP contribution in [0, 0.1) is 0 Å². The molecule has 1 saturated heterocycles. The van der Waals surface area contributed by atoms with Gasteiger partial charge in [0.1, 0.15) is 0 Å². The molecule has 0 bridgehead atoms. The van der Waals surface area contributed by atoms with Gasteiger partial charge in [0, 0.05) is 54.4 Å². The maximum absolute atomic E-state index is 12.8. The van der Waals surface area contributed by atoms with Crippen molar-refractivity contribution in [2.24, 2.45) is 0 Å². The van der Waals surface area contributed by atoms with Gasteiger partial charge >= 0.3 is 0 Å². The highest BCUT2D eigenvalue weighted by atomic mass is 35.5. The highest BCUT2D eigenvalue weighted by Crippen LogP contribution is 2.32. The smallest absolute Gasteiger partial charge is 0.227 e. The highest BCUT2D eigenvalue weighted by Gasteiger charge is 2.28. The second-order valence-corrected chi connectivity index (χ2v) is 7.45. The normalized spacial score (nSPS) is 16.8. The predicted octanol–water partition coefficient (Wildman–Crippen LogP) is 4.14. The molecular formula is C22H21ClN4O. The number of hydrogen-bond donors (Lipinski definition) is 0. The van der Waals surface area contributed by atoms with Crippen LogP contribution >= 0.6 is 11.6 Å². The first-order valence-electron chi connectivity index (χ1n) is 9.44. The van der Waals surface area contributed by atoms with Crippen LogP contribution in [0.1, 0.15) is 30.0 Å². The molecule has 1 aliphatic rings. The van der Waals surface area contributed by atoms with E-state index in [1.807, 2.05) is 41.3 Å². The van der Waals surface area contributed by atoms with E-state index in [1.165, 1.54) is 0 Å². The number of rotatable bonds is 4. The minimum Gasteiger partial charge on any atom is -0.342 e. The number of likely N-dealkylation sites (tertiary alicyclic amines) is 1. The number of piperidine rings is 1. The summed E-state index contributed by atoms with van der Waals surface area (Å²) in [4.78, 5) is 28.0. The van der Waals surface area contributed by atoms with Gasteiger partial charge in [-0.1, -0.05) is 23.7 Å². The Morgan fingerprint density at radius 1 is 1.11 bits per heavy atom. The molecule has 0 spiro atoms. The second-order valence-electron chi connectivity index (χ2n) is 7.01. The summed E-state index contributed by atoms with van der Waals surface area (Å²) >= 11 is 6.17. The van der Waals surface area contributed by atoms with Gasteiger partial charge in [0.2, 0.25) is 5.91 Å². The van der Waals surface area contributed by atoms with E-state index in [-0.39, 0.29) is 11.8 Å². The van der Waals surface area contributed by atoms with E-state index in [1.54, 1.807) is 24.8 Å². The molecule has 1 fully saturated rings. The van der Waals surface area contributed by atoms with Crippen LogP contribution in [0.2, 0.25) is 5.02 Å². The van der Waals surface area contributed by atoms with Crippen LogP contribution in [0.5, 0.6) is 0 Å². The number of halogens is 1. The topological polar surface area (TPSA) is 59.0 Å². The van der Waals surface area contributed by atoms with Gasteiger partial charge in [-0.3, -0.25) is 19.7 Å². The number of benzene rings is 1. The Balaban J connectivity index is 1.55. The lowest BCUT2D eigenvalue weighted by Gasteiger charge is -2.33. The minimum atomic E-state index is 0.143. The zero-order chi connectivity index (χ0) is 19.3. The Morgan fingerprint density at radius 2 is 1.93 bits per heavy atom. The summed E-state index contributed by atoms with van der Waals surface area (Å²) in [7, 11) is 0. The fourth-order valence-corrected chi connectivity index (χ4v) is 3.91. The number of pyridine rings is 1. The Hall–Kier alpha value is -2.79. The van der Waals surface area contributed by atoms with Gasteiger partial charge in [-0.15, -0.1) is 0 Å². The van der Waals surface area contributed by atoms with Crippen molar-refractivity contribution in [3.63, 3.8) is 0 Å². The molecule has 0 aliphatic carbocycles. The first-order valence-corrected chi connectivity index (χ1v) is 9.82. The lowest BCUT2D eigenvalue weighted by molar-refractivity contribution is -0.131. The zero-order valence-electron chi connectivity index (χ0n) is 15.5. The third-order valence-electron chi connectivity index (χ3n) is 5.09. The summed E-state index contributed by atoms with van der Waals surface area (Å²) in [6, 6.07) is 11.4. The van der Waals surface area contributed by atoms with Crippen molar-refractivity contribution in [3.8, 4) is 11.3 Å². The van der Waals surface area contributed by atoms with Gasteiger partial charge in [-0.25, -0.2) is 0 Å². The number of nitrogens with zero attached hydrogens (tertiary/aromatic N) is 4. The Bertz CT molecular complexity index is 964. The summed E-state index contributed by atoms with van der Waals surface area (Å²) in [5, 5.41) is 0.673. The van der Waals surface area contributed by atoms with Gasteiger partial charge in [-0.05, 0) is 42.7 Å². The first kappa shape index (κ1) is 18.6. The molecule has 1 amide bonds. The number of carbonyl (C=O) groups excluding carboxylic acids is 1. The summed E-state index contributed by atoms with van der Waals surface area (Å²) in [6.45, 7) is 1.45. The van der Waals surface area contributed by atoms with Crippen LogP contribution in [0.4, 0.5) is 0 Å². The van der Waals surface area contributed by atoms with E-state index in [2.05, 4.69) is 15.0 Å². The summed E-state index contributed by atoms with van der Waals surface area (Å²) in [5.41, 5.74) is 3.72. The predicted molar refractivity (Wildman–Crippen MR) is 109 cm³/mol. The fourth-order valence-electron chi connectivity index (χ4n) is 3.72. The molecular weight excluding hydrogens is 372 g/mol. The maximum atomic E-state index is 12.8. The molecule has 3 aromatic rings. The molecule has 3 heterocycles. The number of hydrogen-bond acceptors (Lipinski definition) is 4. The number of aromatic nitrogens is 3. The van der Waals surface area contributed by atoms with Gasteiger partial charge in [0.25, 0.3) is 0 Å². The zero-order valence-corrected chi connectivity index (χ0v) is 16.2. The minimum absolute atomic E-state index is 0.143. The lowest BCUT2D eigenvalue weighted by atomic mass is 9.91.